The largest absolute Gasteiger partial charge is 0.267 e. The molecule has 1 N–H and O–H groups in total. The summed E-state index contributed by atoms with van der Waals surface area (Å²) in [6.07, 6.45) is 3.93. The molecule has 2 heterocycles. The molecule has 0 aliphatic heterocycles. The van der Waals surface area contributed by atoms with E-state index in [1.54, 1.807) is 6.20 Å². The lowest BCUT2D eigenvalue weighted by molar-refractivity contribution is 0.540. The third-order valence-electron chi connectivity index (χ3n) is 4.48. The van der Waals surface area contributed by atoms with Crippen LogP contribution >= 0.6 is 0 Å². The molecule has 4 rings (SSSR count). The number of benzene rings is 1. The molecule has 0 bridgehead atoms. The van der Waals surface area contributed by atoms with Crippen molar-refractivity contribution >= 4 is 10.0 Å². The van der Waals surface area contributed by atoms with Gasteiger partial charge in [-0.15, -0.1) is 0 Å². The minimum Gasteiger partial charge on any atom is -0.267 e. The first-order chi connectivity index (χ1) is 13.0. The number of pyridine rings is 1. The van der Waals surface area contributed by atoms with Gasteiger partial charge in [-0.25, -0.2) is 17.5 Å². The maximum atomic E-state index is 13.8. The molecule has 8 heteroatoms. The van der Waals surface area contributed by atoms with Crippen LogP contribution in [0.2, 0.25) is 0 Å². The second-order valence-corrected chi connectivity index (χ2v) is 8.23. The molecule has 3 aromatic rings. The standard InChI is InChI=1S/C19H19FN4O2S/c20-15-5-1-2-7-19(15)27(25,26)22-11-12-24-18(14-8-9-14)13-17(23-24)16-6-3-4-10-21-16/h1-7,10,13-14,22H,8-9,11-12H2. The summed E-state index contributed by atoms with van der Waals surface area (Å²) in [6, 6.07) is 13.0. The molecule has 140 valence electrons. The maximum absolute atomic E-state index is 13.8. The molecule has 0 amide bonds. The van der Waals surface area contributed by atoms with Crippen LogP contribution in [0.15, 0.2) is 59.6 Å². The van der Waals surface area contributed by atoms with Crippen LogP contribution in [-0.2, 0) is 16.6 Å². The van der Waals surface area contributed by atoms with Crippen LogP contribution in [0.3, 0.4) is 0 Å². The summed E-state index contributed by atoms with van der Waals surface area (Å²) >= 11 is 0. The molecule has 0 atom stereocenters. The van der Waals surface area contributed by atoms with Gasteiger partial charge >= 0.3 is 0 Å². The Bertz CT molecular complexity index is 1050. The van der Waals surface area contributed by atoms with Crippen LogP contribution in [-0.4, -0.2) is 29.7 Å². The molecule has 0 spiro atoms. The van der Waals surface area contributed by atoms with Gasteiger partial charge in [0.05, 0.1) is 12.2 Å². The monoisotopic (exact) mass is 386 g/mol. The predicted octanol–water partition coefficient (Wildman–Crippen LogP) is 2.94. The van der Waals surface area contributed by atoms with Crippen molar-refractivity contribution < 1.29 is 12.8 Å². The van der Waals surface area contributed by atoms with Gasteiger partial charge in [-0.2, -0.15) is 5.10 Å². The SMILES string of the molecule is O=S(=O)(NCCn1nc(-c2ccccn2)cc1C1CC1)c1ccccc1F. The van der Waals surface area contributed by atoms with E-state index in [1.807, 2.05) is 28.9 Å². The average molecular weight is 386 g/mol. The van der Waals surface area contributed by atoms with Crippen LogP contribution in [0.25, 0.3) is 11.4 Å². The van der Waals surface area contributed by atoms with E-state index in [-0.39, 0.29) is 11.4 Å². The number of nitrogens with one attached hydrogen (secondary N) is 1. The van der Waals surface area contributed by atoms with Gasteiger partial charge in [0.25, 0.3) is 0 Å². The van der Waals surface area contributed by atoms with Gasteiger partial charge in [-0.1, -0.05) is 18.2 Å². The third-order valence-corrected chi connectivity index (χ3v) is 5.97. The molecule has 1 aromatic carbocycles. The number of sulfonamides is 1. The lowest BCUT2D eigenvalue weighted by Crippen LogP contribution is -2.28. The summed E-state index contributed by atoms with van der Waals surface area (Å²) in [6.45, 7) is 0.492. The van der Waals surface area contributed by atoms with Crippen molar-refractivity contribution in [2.75, 3.05) is 6.54 Å². The zero-order valence-corrected chi connectivity index (χ0v) is 15.4. The Morgan fingerprint density at radius 1 is 1.11 bits per heavy atom. The number of hydrogen-bond acceptors (Lipinski definition) is 4. The van der Waals surface area contributed by atoms with Gasteiger partial charge in [0.15, 0.2) is 0 Å². The Balaban J connectivity index is 1.50. The molecular formula is C19H19FN4O2S. The summed E-state index contributed by atoms with van der Waals surface area (Å²) in [5.74, 6) is -0.307. The highest BCUT2D eigenvalue weighted by Gasteiger charge is 2.28. The highest BCUT2D eigenvalue weighted by molar-refractivity contribution is 7.89. The van der Waals surface area contributed by atoms with Crippen LogP contribution in [0.1, 0.15) is 24.5 Å². The van der Waals surface area contributed by atoms with Gasteiger partial charge < -0.3 is 0 Å². The molecule has 0 radical (unpaired) electrons. The topological polar surface area (TPSA) is 76.9 Å². The molecule has 0 saturated heterocycles. The van der Waals surface area contributed by atoms with Crippen molar-refractivity contribution in [1.82, 2.24) is 19.5 Å². The number of rotatable bonds is 7. The highest BCUT2D eigenvalue weighted by atomic mass is 32.2. The van der Waals surface area contributed by atoms with Crippen molar-refractivity contribution in [3.63, 3.8) is 0 Å². The quantitative estimate of drug-likeness (QED) is 0.677. The van der Waals surface area contributed by atoms with Crippen molar-refractivity contribution in [3.05, 3.63) is 66.2 Å². The maximum Gasteiger partial charge on any atom is 0.243 e. The van der Waals surface area contributed by atoms with E-state index >= 15 is 0 Å². The number of hydrogen-bond donors (Lipinski definition) is 1. The molecule has 1 aliphatic rings. The van der Waals surface area contributed by atoms with E-state index in [0.29, 0.717) is 12.5 Å². The normalized spacial score (nSPS) is 14.4. The molecule has 27 heavy (non-hydrogen) atoms. The Morgan fingerprint density at radius 3 is 2.59 bits per heavy atom. The Labute approximate surface area is 157 Å². The fourth-order valence-electron chi connectivity index (χ4n) is 2.98. The van der Waals surface area contributed by atoms with E-state index < -0.39 is 15.8 Å². The summed E-state index contributed by atoms with van der Waals surface area (Å²) in [5.41, 5.74) is 2.64. The Morgan fingerprint density at radius 2 is 1.89 bits per heavy atom. The van der Waals surface area contributed by atoms with Gasteiger partial charge in [-0.05, 0) is 43.2 Å². The van der Waals surface area contributed by atoms with E-state index in [9.17, 15) is 12.8 Å². The minimum absolute atomic E-state index is 0.125. The first-order valence-corrected chi connectivity index (χ1v) is 10.3. The van der Waals surface area contributed by atoms with E-state index in [0.717, 1.165) is 36.0 Å². The van der Waals surface area contributed by atoms with Crippen LogP contribution in [0, 0.1) is 5.82 Å². The van der Waals surface area contributed by atoms with Crippen LogP contribution in [0.4, 0.5) is 4.39 Å². The number of aromatic nitrogens is 3. The lowest BCUT2D eigenvalue weighted by atomic mass is 10.2. The molecule has 1 saturated carbocycles. The zero-order chi connectivity index (χ0) is 18.9. The van der Waals surface area contributed by atoms with Crippen molar-refractivity contribution in [1.29, 1.82) is 0 Å². The molecule has 1 fully saturated rings. The Hall–Kier alpha value is -2.58. The summed E-state index contributed by atoms with van der Waals surface area (Å²) in [5, 5.41) is 4.60. The van der Waals surface area contributed by atoms with Crippen LogP contribution < -0.4 is 4.72 Å². The smallest absolute Gasteiger partial charge is 0.243 e. The fourth-order valence-corrected chi connectivity index (χ4v) is 4.08. The third kappa shape index (κ3) is 3.91. The van der Waals surface area contributed by atoms with E-state index in [4.69, 9.17) is 0 Å². The van der Waals surface area contributed by atoms with Crippen LogP contribution in [0.5, 0.6) is 0 Å². The number of halogens is 1. The first kappa shape index (κ1) is 17.8. The second kappa shape index (κ2) is 7.21. The molecular weight excluding hydrogens is 367 g/mol. The molecule has 0 unspecified atom stereocenters. The lowest BCUT2D eigenvalue weighted by Gasteiger charge is -2.09. The minimum atomic E-state index is -3.90. The van der Waals surface area contributed by atoms with Gasteiger partial charge in [0.2, 0.25) is 10.0 Å². The molecule has 6 nitrogen and oxygen atoms in total. The van der Waals surface area contributed by atoms with Gasteiger partial charge in [-0.3, -0.25) is 9.67 Å². The van der Waals surface area contributed by atoms with Crippen molar-refractivity contribution in [2.24, 2.45) is 0 Å². The van der Waals surface area contributed by atoms with Gasteiger partial charge in [0.1, 0.15) is 16.4 Å². The molecule has 2 aromatic heterocycles. The van der Waals surface area contributed by atoms with Crippen molar-refractivity contribution in [2.45, 2.75) is 30.2 Å². The summed E-state index contributed by atoms with van der Waals surface area (Å²) in [7, 11) is -3.90. The first-order valence-electron chi connectivity index (χ1n) is 8.78. The summed E-state index contributed by atoms with van der Waals surface area (Å²) in [4.78, 5) is 3.98. The predicted molar refractivity (Wildman–Crippen MR) is 99.0 cm³/mol. The van der Waals surface area contributed by atoms with E-state index in [2.05, 4.69) is 14.8 Å². The average Bonchev–Trinajstić information content (AvgIpc) is 3.43. The molecule has 1 aliphatic carbocycles. The zero-order valence-electron chi connectivity index (χ0n) is 14.5. The second-order valence-electron chi connectivity index (χ2n) is 6.50. The van der Waals surface area contributed by atoms with Crippen molar-refractivity contribution in [3.8, 4) is 11.4 Å². The Kier molecular flexibility index (Phi) is 4.75. The summed E-state index contributed by atoms with van der Waals surface area (Å²) < 4.78 is 42.7. The highest BCUT2D eigenvalue weighted by Crippen LogP contribution is 2.41. The van der Waals surface area contributed by atoms with E-state index in [1.165, 1.54) is 18.2 Å². The number of nitrogens with zero attached hydrogens (tertiary/aromatic N) is 3. The van der Waals surface area contributed by atoms with Gasteiger partial charge in [0, 0.05) is 24.4 Å². The fraction of sp³-hybridized carbons (Fsp3) is 0.263.